The van der Waals surface area contributed by atoms with Crippen LogP contribution in [0.15, 0.2) is 24.4 Å². The van der Waals surface area contributed by atoms with E-state index in [1.165, 1.54) is 5.56 Å². The van der Waals surface area contributed by atoms with E-state index in [-0.39, 0.29) is 6.10 Å². The minimum absolute atomic E-state index is 0.128. The summed E-state index contributed by atoms with van der Waals surface area (Å²) in [6, 6.07) is 6.08. The number of nitrogen functional groups attached to an aromatic ring is 1. The number of nitrogens with two attached hydrogens (primary N) is 1. The minimum Gasteiger partial charge on any atom is -0.399 e. The van der Waals surface area contributed by atoms with Gasteiger partial charge in [-0.2, -0.15) is 0 Å². The molecule has 18 heavy (non-hydrogen) atoms. The summed E-state index contributed by atoms with van der Waals surface area (Å²) in [5.74, 6) is 0.445. The largest absolute Gasteiger partial charge is 0.399 e. The molecule has 0 bridgehead atoms. The number of anilines is 1. The molecule has 1 aromatic carbocycles. The van der Waals surface area contributed by atoms with Crippen LogP contribution in [0, 0.1) is 6.92 Å². The second kappa shape index (κ2) is 4.37. The van der Waals surface area contributed by atoms with Gasteiger partial charge in [0.25, 0.3) is 0 Å². The Morgan fingerprint density at radius 1 is 1.33 bits per heavy atom. The molecular formula is C14H16N2OS. The van der Waals surface area contributed by atoms with E-state index < -0.39 is 0 Å². The Balaban J connectivity index is 1.88. The van der Waals surface area contributed by atoms with Gasteiger partial charge in [-0.1, -0.05) is 6.07 Å². The molecule has 1 heterocycles. The molecule has 1 fully saturated rings. The molecule has 3 nitrogen and oxygen atoms in total. The number of aryl methyl sites for hydroxylation is 1. The Bertz CT molecular complexity index is 553. The summed E-state index contributed by atoms with van der Waals surface area (Å²) in [6.07, 6.45) is 3.49. The van der Waals surface area contributed by atoms with Crippen molar-refractivity contribution >= 4 is 17.0 Å². The summed E-state index contributed by atoms with van der Waals surface area (Å²) >= 11 is 1.71. The van der Waals surface area contributed by atoms with Gasteiger partial charge in [0, 0.05) is 17.8 Å². The zero-order valence-corrected chi connectivity index (χ0v) is 11.1. The monoisotopic (exact) mass is 260 g/mol. The summed E-state index contributed by atoms with van der Waals surface area (Å²) in [4.78, 5) is 5.63. The van der Waals surface area contributed by atoms with E-state index in [4.69, 9.17) is 5.73 Å². The van der Waals surface area contributed by atoms with E-state index in [1.54, 1.807) is 11.3 Å². The highest BCUT2D eigenvalue weighted by molar-refractivity contribution is 7.15. The maximum Gasteiger partial charge on any atom is 0.0964 e. The normalized spacial score (nSPS) is 22.8. The quantitative estimate of drug-likeness (QED) is 0.816. The summed E-state index contributed by atoms with van der Waals surface area (Å²) in [5.41, 5.74) is 8.96. The summed E-state index contributed by atoms with van der Waals surface area (Å²) in [7, 11) is 0. The fourth-order valence-electron chi connectivity index (χ4n) is 2.35. The molecule has 1 saturated carbocycles. The summed E-state index contributed by atoms with van der Waals surface area (Å²) in [6.45, 7) is 2.05. The van der Waals surface area contributed by atoms with Gasteiger partial charge in [-0.15, -0.1) is 11.3 Å². The predicted octanol–water partition coefficient (Wildman–Crippen LogP) is 2.94. The van der Waals surface area contributed by atoms with Crippen molar-refractivity contribution in [3.63, 3.8) is 0 Å². The van der Waals surface area contributed by atoms with Crippen molar-refractivity contribution in [1.29, 1.82) is 0 Å². The summed E-state index contributed by atoms with van der Waals surface area (Å²) < 4.78 is 0. The van der Waals surface area contributed by atoms with Crippen molar-refractivity contribution in [3.8, 4) is 10.4 Å². The second-order valence-corrected chi connectivity index (χ2v) is 6.08. The van der Waals surface area contributed by atoms with Gasteiger partial charge in [0.15, 0.2) is 0 Å². The van der Waals surface area contributed by atoms with Gasteiger partial charge in [0.05, 0.1) is 16.0 Å². The van der Waals surface area contributed by atoms with Crippen LogP contribution in [-0.4, -0.2) is 16.2 Å². The molecule has 2 aromatic rings. The molecule has 0 saturated heterocycles. The van der Waals surface area contributed by atoms with Crippen LogP contribution in [0.5, 0.6) is 0 Å². The van der Waals surface area contributed by atoms with Crippen LogP contribution in [0.3, 0.4) is 0 Å². The average Bonchev–Trinajstić information content (AvgIpc) is 2.72. The zero-order valence-electron chi connectivity index (χ0n) is 10.3. The highest BCUT2D eigenvalue weighted by Gasteiger charge is 2.30. The fraction of sp³-hybridized carbons (Fsp3) is 0.357. The van der Waals surface area contributed by atoms with Gasteiger partial charge in [-0.05, 0) is 43.0 Å². The predicted molar refractivity (Wildman–Crippen MR) is 74.7 cm³/mol. The van der Waals surface area contributed by atoms with Crippen LogP contribution < -0.4 is 5.73 Å². The van der Waals surface area contributed by atoms with Gasteiger partial charge in [0.2, 0.25) is 0 Å². The van der Waals surface area contributed by atoms with Crippen molar-refractivity contribution in [2.75, 3.05) is 5.73 Å². The minimum atomic E-state index is -0.128. The van der Waals surface area contributed by atoms with Gasteiger partial charge in [0.1, 0.15) is 0 Å². The highest BCUT2D eigenvalue weighted by atomic mass is 32.1. The van der Waals surface area contributed by atoms with E-state index in [0.29, 0.717) is 5.92 Å². The smallest absolute Gasteiger partial charge is 0.0964 e. The van der Waals surface area contributed by atoms with E-state index >= 15 is 0 Å². The zero-order chi connectivity index (χ0) is 12.7. The molecule has 0 radical (unpaired) electrons. The van der Waals surface area contributed by atoms with E-state index in [0.717, 1.165) is 34.0 Å². The number of hydrogen-bond acceptors (Lipinski definition) is 4. The third kappa shape index (κ3) is 2.13. The molecule has 1 aliphatic rings. The SMILES string of the molecule is Cc1cc(N)cc(-c2cnc(C3CC(O)C3)s2)c1. The maximum absolute atomic E-state index is 9.34. The first-order valence-corrected chi connectivity index (χ1v) is 6.95. The molecule has 94 valence electrons. The van der Waals surface area contributed by atoms with Crippen LogP contribution in [0.25, 0.3) is 10.4 Å². The Labute approximate surface area is 110 Å². The van der Waals surface area contributed by atoms with Crippen molar-refractivity contribution in [2.24, 2.45) is 0 Å². The lowest BCUT2D eigenvalue weighted by molar-refractivity contribution is 0.0745. The number of aromatic nitrogens is 1. The maximum atomic E-state index is 9.34. The van der Waals surface area contributed by atoms with Gasteiger partial charge >= 0.3 is 0 Å². The van der Waals surface area contributed by atoms with E-state index in [2.05, 4.69) is 11.1 Å². The van der Waals surface area contributed by atoms with Gasteiger partial charge < -0.3 is 10.8 Å². The second-order valence-electron chi connectivity index (χ2n) is 5.02. The molecule has 0 aliphatic heterocycles. The van der Waals surface area contributed by atoms with E-state index in [9.17, 15) is 5.11 Å². The van der Waals surface area contributed by atoms with Crippen molar-refractivity contribution < 1.29 is 5.11 Å². The standard InChI is InChI=1S/C14H16N2OS/c1-8-2-9(4-11(15)3-8)13-7-16-14(18-13)10-5-12(17)6-10/h2-4,7,10,12,17H,5-6,15H2,1H3. The van der Waals surface area contributed by atoms with Crippen LogP contribution in [0.1, 0.15) is 29.3 Å². The molecular weight excluding hydrogens is 244 g/mol. The number of hydrogen-bond donors (Lipinski definition) is 2. The van der Waals surface area contributed by atoms with Crippen molar-refractivity contribution in [3.05, 3.63) is 35.0 Å². The van der Waals surface area contributed by atoms with Crippen molar-refractivity contribution in [1.82, 2.24) is 4.98 Å². The first-order chi connectivity index (χ1) is 8.61. The number of aliphatic hydroxyl groups is 1. The Kier molecular flexibility index (Phi) is 2.84. The van der Waals surface area contributed by atoms with Crippen LogP contribution in [0.2, 0.25) is 0 Å². The van der Waals surface area contributed by atoms with Crippen molar-refractivity contribution in [2.45, 2.75) is 31.8 Å². The first-order valence-electron chi connectivity index (χ1n) is 6.13. The number of thiazole rings is 1. The Morgan fingerprint density at radius 3 is 2.78 bits per heavy atom. The molecule has 3 rings (SSSR count). The molecule has 0 spiro atoms. The molecule has 0 atom stereocenters. The lowest BCUT2D eigenvalue weighted by Crippen LogP contribution is -2.26. The van der Waals surface area contributed by atoms with Gasteiger partial charge in [-0.25, -0.2) is 4.98 Å². The Morgan fingerprint density at radius 2 is 2.11 bits per heavy atom. The van der Waals surface area contributed by atoms with E-state index in [1.807, 2.05) is 25.3 Å². The average molecular weight is 260 g/mol. The first kappa shape index (κ1) is 11.7. The van der Waals surface area contributed by atoms with Crippen LogP contribution >= 0.6 is 11.3 Å². The molecule has 3 N–H and O–H groups in total. The lowest BCUT2D eigenvalue weighted by Gasteiger charge is -2.29. The third-order valence-corrected chi connectivity index (χ3v) is 4.58. The summed E-state index contributed by atoms with van der Waals surface area (Å²) in [5, 5.41) is 10.5. The number of benzene rings is 1. The van der Waals surface area contributed by atoms with Crippen LogP contribution in [0.4, 0.5) is 5.69 Å². The lowest BCUT2D eigenvalue weighted by atomic mass is 9.83. The molecule has 0 amide bonds. The molecule has 1 aliphatic carbocycles. The number of nitrogens with zero attached hydrogens (tertiary/aromatic N) is 1. The van der Waals surface area contributed by atoms with Gasteiger partial charge in [-0.3, -0.25) is 0 Å². The highest BCUT2D eigenvalue weighted by Crippen LogP contribution is 2.40. The fourth-order valence-corrected chi connectivity index (χ4v) is 3.39. The molecule has 1 aromatic heterocycles. The number of rotatable bonds is 2. The molecule has 0 unspecified atom stereocenters. The topological polar surface area (TPSA) is 59.1 Å². The molecule has 4 heteroatoms. The third-order valence-electron chi connectivity index (χ3n) is 3.37. The van der Waals surface area contributed by atoms with Crippen LogP contribution in [-0.2, 0) is 0 Å². The number of aliphatic hydroxyl groups excluding tert-OH is 1. The Hall–Kier alpha value is -1.39.